The lowest BCUT2D eigenvalue weighted by Crippen LogP contribution is -2.12. The summed E-state index contributed by atoms with van der Waals surface area (Å²) in [4.78, 5) is 2.40. The summed E-state index contributed by atoms with van der Waals surface area (Å²) in [6, 6.07) is 63.5. The molecule has 0 aliphatic rings. The highest BCUT2D eigenvalue weighted by Gasteiger charge is 2.25. The van der Waals surface area contributed by atoms with E-state index in [4.69, 9.17) is 4.42 Å². The standard InChI is InChI=1S/C48H29N3O/c1-2-11-30(12-3-1)31-21-23-32(24-22-31)49(33-25-26-37-36-15-6-9-20-44(36)52-45(37)29-33)42-18-10-19-43-48(42)51-41-17-8-5-14-35(41)39-28-27-38-34-13-4-7-16-40(34)50(43)46(38)47(39)51/h1-29H. The molecule has 0 amide bonds. The van der Waals surface area contributed by atoms with Crippen LogP contribution in [0.5, 0.6) is 0 Å². The van der Waals surface area contributed by atoms with E-state index >= 15 is 0 Å². The summed E-state index contributed by atoms with van der Waals surface area (Å²) in [5, 5.41) is 7.28. The Morgan fingerprint density at radius 2 is 0.904 bits per heavy atom. The summed E-state index contributed by atoms with van der Waals surface area (Å²) >= 11 is 0. The Kier molecular flexibility index (Phi) is 5.47. The Labute approximate surface area is 297 Å². The van der Waals surface area contributed by atoms with Gasteiger partial charge < -0.3 is 18.1 Å². The smallest absolute Gasteiger partial charge is 0.137 e. The molecule has 0 unspecified atom stereocenters. The fraction of sp³-hybridized carbons (Fsp3) is 0. The fourth-order valence-corrected chi connectivity index (χ4v) is 8.81. The number of fused-ring (bicyclic) bond motifs is 12. The van der Waals surface area contributed by atoms with Crippen molar-refractivity contribution in [3.05, 3.63) is 176 Å². The first-order valence-corrected chi connectivity index (χ1v) is 17.8. The molecule has 4 nitrogen and oxygen atoms in total. The zero-order chi connectivity index (χ0) is 33.9. The lowest BCUT2D eigenvalue weighted by molar-refractivity contribution is 0.669. The third-order valence-electron chi connectivity index (χ3n) is 11.0. The Morgan fingerprint density at radius 1 is 0.346 bits per heavy atom. The first-order valence-electron chi connectivity index (χ1n) is 17.8. The Bertz CT molecular complexity index is 3350. The summed E-state index contributed by atoms with van der Waals surface area (Å²) in [5.41, 5.74) is 14.5. The maximum atomic E-state index is 6.48. The van der Waals surface area contributed by atoms with Gasteiger partial charge in [-0.15, -0.1) is 0 Å². The summed E-state index contributed by atoms with van der Waals surface area (Å²) in [6.45, 7) is 0. The number of rotatable bonds is 4. The number of hydrogen-bond acceptors (Lipinski definition) is 2. The van der Waals surface area contributed by atoms with Crippen LogP contribution in [0, 0.1) is 0 Å². The normalized spacial score (nSPS) is 12.2. The molecule has 0 spiro atoms. The molecule has 242 valence electrons. The highest BCUT2D eigenvalue weighted by atomic mass is 16.3. The van der Waals surface area contributed by atoms with Crippen LogP contribution < -0.4 is 4.90 Å². The van der Waals surface area contributed by atoms with Crippen LogP contribution in [-0.2, 0) is 0 Å². The Hall–Kier alpha value is -7.04. The van der Waals surface area contributed by atoms with Crippen LogP contribution in [0.4, 0.5) is 17.1 Å². The number of aromatic nitrogens is 2. The molecule has 0 aliphatic heterocycles. The number of para-hydroxylation sites is 4. The van der Waals surface area contributed by atoms with E-state index in [1.54, 1.807) is 0 Å². The average Bonchev–Trinajstić information content (AvgIpc) is 3.86. The number of nitrogens with zero attached hydrogens (tertiary/aromatic N) is 3. The van der Waals surface area contributed by atoms with Crippen LogP contribution in [0.3, 0.4) is 0 Å². The summed E-state index contributed by atoms with van der Waals surface area (Å²) in [5.74, 6) is 0. The molecular formula is C48H29N3O. The largest absolute Gasteiger partial charge is 0.456 e. The molecule has 0 saturated carbocycles. The van der Waals surface area contributed by atoms with Crippen molar-refractivity contribution >= 4 is 93.6 Å². The zero-order valence-electron chi connectivity index (χ0n) is 28.0. The number of benzene rings is 8. The number of hydrogen-bond donors (Lipinski definition) is 0. The lowest BCUT2D eigenvalue weighted by Gasteiger charge is -2.28. The van der Waals surface area contributed by atoms with Crippen molar-refractivity contribution in [1.82, 2.24) is 8.80 Å². The van der Waals surface area contributed by atoms with E-state index < -0.39 is 0 Å². The van der Waals surface area contributed by atoms with E-state index in [0.717, 1.165) is 50.0 Å². The van der Waals surface area contributed by atoms with Gasteiger partial charge in [0.25, 0.3) is 0 Å². The average molecular weight is 664 g/mol. The first-order chi connectivity index (χ1) is 25.8. The quantitative estimate of drug-likeness (QED) is 0.175. The van der Waals surface area contributed by atoms with Crippen LogP contribution in [0.2, 0.25) is 0 Å². The van der Waals surface area contributed by atoms with E-state index in [1.165, 1.54) is 54.7 Å². The van der Waals surface area contributed by atoms with Crippen LogP contribution in [0.15, 0.2) is 180 Å². The lowest BCUT2D eigenvalue weighted by atomic mass is 10.0. The van der Waals surface area contributed by atoms with Gasteiger partial charge in [0.15, 0.2) is 0 Å². The van der Waals surface area contributed by atoms with Gasteiger partial charge in [-0.05, 0) is 65.7 Å². The number of anilines is 3. The van der Waals surface area contributed by atoms with Crippen molar-refractivity contribution in [1.29, 1.82) is 0 Å². The first kappa shape index (κ1) is 27.7. The SMILES string of the molecule is c1ccc(-c2ccc(N(c3ccc4c(c3)oc3ccccc34)c3cccc4c3n3c5ccccc5c5ccc6c7ccccc7n4c6c53)cc2)cc1. The Balaban J connectivity index is 1.23. The molecule has 4 heterocycles. The van der Waals surface area contributed by atoms with E-state index in [2.05, 4.69) is 177 Å². The molecule has 0 saturated heterocycles. The molecule has 4 heteroatoms. The van der Waals surface area contributed by atoms with Crippen molar-refractivity contribution in [3.63, 3.8) is 0 Å². The van der Waals surface area contributed by atoms with Gasteiger partial charge in [-0.2, -0.15) is 0 Å². The number of furan rings is 1. The molecule has 12 aromatic rings. The maximum Gasteiger partial charge on any atom is 0.137 e. The third kappa shape index (κ3) is 3.65. The molecule has 0 radical (unpaired) electrons. The summed E-state index contributed by atoms with van der Waals surface area (Å²) in [7, 11) is 0. The molecule has 0 N–H and O–H groups in total. The van der Waals surface area contributed by atoms with Crippen molar-refractivity contribution in [2.45, 2.75) is 0 Å². The predicted octanol–water partition coefficient (Wildman–Crippen LogP) is 13.3. The molecule has 0 aliphatic carbocycles. The van der Waals surface area contributed by atoms with Crippen molar-refractivity contribution in [2.24, 2.45) is 0 Å². The molecule has 12 rings (SSSR count). The van der Waals surface area contributed by atoms with Crippen LogP contribution >= 0.6 is 0 Å². The highest BCUT2D eigenvalue weighted by molar-refractivity contribution is 6.26. The van der Waals surface area contributed by atoms with Gasteiger partial charge in [-0.25, -0.2) is 0 Å². The third-order valence-corrected chi connectivity index (χ3v) is 11.0. The Morgan fingerprint density at radius 3 is 1.67 bits per heavy atom. The van der Waals surface area contributed by atoms with Gasteiger partial charge in [0.2, 0.25) is 0 Å². The second-order valence-electron chi connectivity index (χ2n) is 13.7. The molecule has 4 aromatic heterocycles. The summed E-state index contributed by atoms with van der Waals surface area (Å²) in [6.07, 6.45) is 0. The molecule has 8 aromatic carbocycles. The van der Waals surface area contributed by atoms with E-state index in [9.17, 15) is 0 Å². The second kappa shape index (κ2) is 10.3. The fourth-order valence-electron chi connectivity index (χ4n) is 8.81. The molecule has 0 atom stereocenters. The van der Waals surface area contributed by atoms with Gasteiger partial charge in [0, 0.05) is 49.8 Å². The van der Waals surface area contributed by atoms with Crippen molar-refractivity contribution < 1.29 is 4.42 Å². The highest BCUT2D eigenvalue weighted by Crippen LogP contribution is 2.47. The van der Waals surface area contributed by atoms with E-state index in [-0.39, 0.29) is 0 Å². The molecule has 52 heavy (non-hydrogen) atoms. The summed E-state index contributed by atoms with van der Waals surface area (Å²) < 4.78 is 11.5. The van der Waals surface area contributed by atoms with Gasteiger partial charge >= 0.3 is 0 Å². The molecule has 0 fully saturated rings. The van der Waals surface area contributed by atoms with Crippen LogP contribution in [0.1, 0.15) is 0 Å². The monoisotopic (exact) mass is 663 g/mol. The molecule has 0 bridgehead atoms. The topological polar surface area (TPSA) is 25.2 Å². The predicted molar refractivity (Wildman–Crippen MR) is 217 cm³/mol. The van der Waals surface area contributed by atoms with Crippen molar-refractivity contribution in [2.75, 3.05) is 4.90 Å². The minimum Gasteiger partial charge on any atom is -0.456 e. The van der Waals surface area contributed by atoms with Crippen molar-refractivity contribution in [3.8, 4) is 11.1 Å². The van der Waals surface area contributed by atoms with Crippen LogP contribution in [0.25, 0.3) is 87.7 Å². The minimum absolute atomic E-state index is 0.867. The van der Waals surface area contributed by atoms with E-state index in [0.29, 0.717) is 0 Å². The van der Waals surface area contributed by atoms with Gasteiger partial charge in [0.05, 0.1) is 38.8 Å². The second-order valence-corrected chi connectivity index (χ2v) is 13.7. The maximum absolute atomic E-state index is 6.48. The van der Waals surface area contributed by atoms with Crippen LogP contribution in [-0.4, -0.2) is 8.80 Å². The minimum atomic E-state index is 0.867. The van der Waals surface area contributed by atoms with Gasteiger partial charge in [-0.3, -0.25) is 0 Å². The van der Waals surface area contributed by atoms with Gasteiger partial charge in [-0.1, -0.05) is 115 Å². The van der Waals surface area contributed by atoms with E-state index in [1.807, 2.05) is 12.1 Å². The molecular weight excluding hydrogens is 635 g/mol. The van der Waals surface area contributed by atoms with Gasteiger partial charge in [0.1, 0.15) is 11.2 Å². The zero-order valence-corrected chi connectivity index (χ0v) is 28.0.